The second-order valence-electron chi connectivity index (χ2n) is 8.72. The van der Waals surface area contributed by atoms with E-state index in [1.54, 1.807) is 6.92 Å². The molecule has 0 aliphatic carbocycles. The van der Waals surface area contributed by atoms with Crippen LogP contribution in [0.15, 0.2) is 95.5 Å². The fourth-order valence-electron chi connectivity index (χ4n) is 5.11. The Morgan fingerprint density at radius 1 is 0.727 bits per heavy atom. The molecule has 0 saturated carbocycles. The van der Waals surface area contributed by atoms with Crippen LogP contribution in [0, 0.1) is 0 Å². The molecule has 5 aromatic rings. The van der Waals surface area contributed by atoms with Crippen LogP contribution < -0.4 is 4.90 Å². The van der Waals surface area contributed by atoms with Crippen LogP contribution in [0.2, 0.25) is 0 Å². The van der Waals surface area contributed by atoms with Crippen molar-refractivity contribution < 1.29 is 4.79 Å². The minimum absolute atomic E-state index is 0.0757. The van der Waals surface area contributed by atoms with Gasteiger partial charge >= 0.3 is 0 Å². The fourth-order valence-corrected chi connectivity index (χ4v) is 5.74. The summed E-state index contributed by atoms with van der Waals surface area (Å²) in [7, 11) is 0. The Hall–Kier alpha value is -3.43. The van der Waals surface area contributed by atoms with E-state index in [0.717, 1.165) is 28.8 Å². The summed E-state index contributed by atoms with van der Waals surface area (Å²) in [5.41, 5.74) is 7.11. The van der Waals surface area contributed by atoms with Crippen LogP contribution >= 0.6 is 15.9 Å². The molecule has 0 spiro atoms. The molecule has 0 atom stereocenters. The van der Waals surface area contributed by atoms with E-state index >= 15 is 0 Å². The largest absolute Gasteiger partial charge is 0.362 e. The second-order valence-corrected chi connectivity index (χ2v) is 9.57. The van der Waals surface area contributed by atoms with Crippen molar-refractivity contribution >= 4 is 48.9 Å². The first kappa shape index (κ1) is 20.2. The van der Waals surface area contributed by atoms with Crippen LogP contribution in [0.1, 0.15) is 28.4 Å². The normalized spacial score (nSPS) is 13.0. The van der Waals surface area contributed by atoms with Crippen molar-refractivity contribution in [3.63, 3.8) is 0 Å². The number of nitrogens with zero attached hydrogens (tertiary/aromatic N) is 1. The lowest BCUT2D eigenvalue weighted by Gasteiger charge is -2.25. The van der Waals surface area contributed by atoms with Crippen LogP contribution in [0.3, 0.4) is 0 Å². The molecule has 160 valence electrons. The van der Waals surface area contributed by atoms with Crippen molar-refractivity contribution in [3.05, 3.63) is 112 Å². The van der Waals surface area contributed by atoms with Crippen LogP contribution in [0.5, 0.6) is 0 Å². The van der Waals surface area contributed by atoms with Crippen LogP contribution in [0.4, 0.5) is 5.69 Å². The van der Waals surface area contributed by atoms with E-state index in [2.05, 4.69) is 99.7 Å². The monoisotopic (exact) mass is 491 g/mol. The lowest BCUT2D eigenvalue weighted by Crippen LogP contribution is -2.21. The third kappa shape index (κ3) is 3.35. The number of benzene rings is 5. The van der Waals surface area contributed by atoms with Gasteiger partial charge in [0, 0.05) is 23.1 Å². The Labute approximate surface area is 201 Å². The third-order valence-corrected chi connectivity index (χ3v) is 7.33. The molecule has 5 aromatic carbocycles. The number of carbonyl (C=O) groups excluding carboxylic acids is 1. The number of Topliss-reactive ketones (excluding diaryl/α,β-unsaturated/α-hetero) is 1. The van der Waals surface area contributed by atoms with Gasteiger partial charge in [0.2, 0.25) is 0 Å². The smallest absolute Gasteiger partial charge is 0.159 e. The van der Waals surface area contributed by atoms with E-state index in [4.69, 9.17) is 0 Å². The van der Waals surface area contributed by atoms with Gasteiger partial charge in [0.25, 0.3) is 0 Å². The molecule has 0 aromatic heterocycles. The molecule has 1 heterocycles. The molecular formula is C30H22BrNO. The van der Waals surface area contributed by atoms with E-state index < -0.39 is 0 Å². The molecule has 0 amide bonds. The Bertz CT molecular complexity index is 1480. The zero-order chi connectivity index (χ0) is 22.5. The van der Waals surface area contributed by atoms with E-state index in [1.807, 2.05) is 12.1 Å². The lowest BCUT2D eigenvalue weighted by molar-refractivity contribution is 0.101. The maximum atomic E-state index is 11.9. The van der Waals surface area contributed by atoms with E-state index in [0.29, 0.717) is 0 Å². The third-order valence-electron chi connectivity index (χ3n) is 6.70. The SMILES string of the molecule is CC(=O)c1ccc(N2Cc3ccc4ccccc4c3-c3c(ccc4ccccc34)C2)c(Br)c1. The summed E-state index contributed by atoms with van der Waals surface area (Å²) in [5, 5.41) is 5.10. The van der Waals surface area contributed by atoms with Crippen molar-refractivity contribution in [1.29, 1.82) is 0 Å². The predicted octanol–water partition coefficient (Wildman–Crippen LogP) is 8.15. The molecule has 0 bridgehead atoms. The molecule has 0 saturated heterocycles. The zero-order valence-electron chi connectivity index (χ0n) is 18.3. The maximum Gasteiger partial charge on any atom is 0.159 e. The van der Waals surface area contributed by atoms with E-state index in [9.17, 15) is 4.79 Å². The summed E-state index contributed by atoms with van der Waals surface area (Å²) in [6.07, 6.45) is 0. The minimum Gasteiger partial charge on any atom is -0.362 e. The Kier molecular flexibility index (Phi) is 4.81. The zero-order valence-corrected chi connectivity index (χ0v) is 19.9. The molecule has 0 N–H and O–H groups in total. The minimum atomic E-state index is 0.0757. The highest BCUT2D eigenvalue weighted by Crippen LogP contribution is 2.43. The Morgan fingerprint density at radius 2 is 1.27 bits per heavy atom. The van der Waals surface area contributed by atoms with E-state index in [1.165, 1.54) is 43.8 Å². The number of ketones is 1. The van der Waals surface area contributed by atoms with Gasteiger partial charge in [-0.3, -0.25) is 4.79 Å². The summed E-state index contributed by atoms with van der Waals surface area (Å²) < 4.78 is 0.946. The molecule has 1 aliphatic heterocycles. The number of hydrogen-bond acceptors (Lipinski definition) is 2. The van der Waals surface area contributed by atoms with Gasteiger partial charge in [-0.15, -0.1) is 0 Å². The second kappa shape index (κ2) is 7.86. The average molecular weight is 492 g/mol. The molecule has 6 rings (SSSR count). The maximum absolute atomic E-state index is 11.9. The highest BCUT2D eigenvalue weighted by Gasteiger charge is 2.24. The van der Waals surface area contributed by atoms with Gasteiger partial charge in [0.1, 0.15) is 0 Å². The van der Waals surface area contributed by atoms with Gasteiger partial charge in [0.15, 0.2) is 5.78 Å². The first-order valence-electron chi connectivity index (χ1n) is 11.2. The van der Waals surface area contributed by atoms with Gasteiger partial charge in [-0.05, 0) is 84.9 Å². The Morgan fingerprint density at radius 3 is 1.79 bits per heavy atom. The molecule has 0 radical (unpaired) electrons. The van der Waals surface area contributed by atoms with Gasteiger partial charge in [-0.25, -0.2) is 0 Å². The van der Waals surface area contributed by atoms with E-state index in [-0.39, 0.29) is 5.78 Å². The standard InChI is InChI=1S/C30H22BrNO/c1-19(33)22-14-15-28(27(31)16-22)32-17-23-12-10-20-6-2-4-8-25(20)29(23)30-24(18-32)13-11-21-7-3-5-9-26(21)30/h2-16H,17-18H2,1H3. The Balaban J connectivity index is 1.64. The summed E-state index contributed by atoms with van der Waals surface area (Å²) in [5.74, 6) is 0.0757. The molecule has 1 aliphatic rings. The van der Waals surface area contributed by atoms with Crippen molar-refractivity contribution in [3.8, 4) is 11.1 Å². The lowest BCUT2D eigenvalue weighted by atomic mass is 9.88. The predicted molar refractivity (Wildman–Crippen MR) is 141 cm³/mol. The fraction of sp³-hybridized carbons (Fsp3) is 0.100. The quantitative estimate of drug-likeness (QED) is 0.232. The molecule has 2 nitrogen and oxygen atoms in total. The van der Waals surface area contributed by atoms with Crippen molar-refractivity contribution in [2.75, 3.05) is 4.90 Å². The van der Waals surface area contributed by atoms with Gasteiger partial charge in [0.05, 0.1) is 5.69 Å². The number of hydrogen-bond donors (Lipinski definition) is 0. The summed E-state index contributed by atoms with van der Waals surface area (Å²) in [6.45, 7) is 3.19. The topological polar surface area (TPSA) is 20.3 Å². The van der Waals surface area contributed by atoms with Crippen LogP contribution in [0.25, 0.3) is 32.7 Å². The number of rotatable bonds is 2. The highest BCUT2D eigenvalue weighted by atomic mass is 79.9. The number of anilines is 1. The molecule has 33 heavy (non-hydrogen) atoms. The molecule has 0 fully saturated rings. The molecular weight excluding hydrogens is 470 g/mol. The summed E-state index contributed by atoms with van der Waals surface area (Å²) >= 11 is 3.74. The van der Waals surface area contributed by atoms with Crippen molar-refractivity contribution in [2.24, 2.45) is 0 Å². The number of halogens is 1. The first-order chi connectivity index (χ1) is 16.1. The van der Waals surface area contributed by atoms with Crippen LogP contribution in [-0.4, -0.2) is 5.78 Å². The van der Waals surface area contributed by atoms with Gasteiger partial charge in [-0.2, -0.15) is 0 Å². The van der Waals surface area contributed by atoms with Gasteiger partial charge in [-0.1, -0.05) is 72.8 Å². The van der Waals surface area contributed by atoms with Crippen molar-refractivity contribution in [2.45, 2.75) is 20.0 Å². The number of fused-ring (bicyclic) bond motifs is 7. The average Bonchev–Trinajstić information content (AvgIpc) is 3.01. The highest BCUT2D eigenvalue weighted by molar-refractivity contribution is 9.10. The number of carbonyl (C=O) groups is 1. The summed E-state index contributed by atoms with van der Waals surface area (Å²) in [6, 6.07) is 32.3. The first-order valence-corrected chi connectivity index (χ1v) is 12.0. The van der Waals surface area contributed by atoms with Gasteiger partial charge < -0.3 is 4.90 Å². The van der Waals surface area contributed by atoms with Crippen LogP contribution in [-0.2, 0) is 13.1 Å². The van der Waals surface area contributed by atoms with Crippen molar-refractivity contribution in [1.82, 2.24) is 0 Å². The summed E-state index contributed by atoms with van der Waals surface area (Å²) in [4.78, 5) is 14.3. The molecule has 3 heteroatoms. The molecule has 0 unspecified atom stereocenters.